The number of carbonyl (C=O) groups excluding carboxylic acids is 1. The van der Waals surface area contributed by atoms with E-state index >= 15 is 0 Å². The zero-order valence-electron chi connectivity index (χ0n) is 10.6. The van der Waals surface area contributed by atoms with E-state index < -0.39 is 11.0 Å². The number of anilines is 1. The van der Waals surface area contributed by atoms with Gasteiger partial charge in [-0.3, -0.25) is 10.1 Å². The maximum absolute atomic E-state index is 12.1. The van der Waals surface area contributed by atoms with Crippen molar-refractivity contribution in [3.05, 3.63) is 34.4 Å². The van der Waals surface area contributed by atoms with Crippen molar-refractivity contribution in [2.75, 3.05) is 25.0 Å². The summed E-state index contributed by atoms with van der Waals surface area (Å²) >= 11 is 0. The van der Waals surface area contributed by atoms with Crippen LogP contribution < -0.4 is 10.6 Å². The first kappa shape index (κ1) is 13.8. The number of piperazine rings is 1. The summed E-state index contributed by atoms with van der Waals surface area (Å²) in [6, 6.07) is 6.71. The van der Waals surface area contributed by atoms with E-state index in [9.17, 15) is 14.9 Å². The molecule has 0 aliphatic carbocycles. The zero-order chi connectivity index (χ0) is 14.5. The number of rotatable bonds is 2. The van der Waals surface area contributed by atoms with Crippen LogP contribution >= 0.6 is 0 Å². The van der Waals surface area contributed by atoms with E-state index in [1.807, 2.05) is 0 Å². The molecule has 2 rings (SSSR count). The molecule has 0 radical (unpaired) electrons. The van der Waals surface area contributed by atoms with Crippen LogP contribution in [0, 0.1) is 21.4 Å². The van der Waals surface area contributed by atoms with Gasteiger partial charge in [-0.05, 0) is 12.1 Å². The number of nitriles is 1. The molecule has 8 nitrogen and oxygen atoms in total. The Morgan fingerprint density at radius 3 is 2.80 bits per heavy atom. The van der Waals surface area contributed by atoms with Crippen molar-refractivity contribution >= 4 is 17.4 Å². The number of nitrogens with one attached hydrogen (secondary N) is 2. The van der Waals surface area contributed by atoms with Crippen LogP contribution in [-0.4, -0.2) is 41.5 Å². The molecule has 20 heavy (non-hydrogen) atoms. The van der Waals surface area contributed by atoms with Gasteiger partial charge in [0.2, 0.25) is 0 Å². The average Bonchev–Trinajstić information content (AvgIpc) is 2.47. The molecule has 1 aliphatic rings. The van der Waals surface area contributed by atoms with Gasteiger partial charge in [-0.15, -0.1) is 0 Å². The molecule has 0 bridgehead atoms. The van der Waals surface area contributed by atoms with Crippen LogP contribution in [-0.2, 0) is 0 Å². The fourth-order valence-electron chi connectivity index (χ4n) is 1.92. The second-order valence-corrected chi connectivity index (χ2v) is 4.28. The van der Waals surface area contributed by atoms with Crippen LogP contribution in [0.5, 0.6) is 0 Å². The molecule has 104 valence electrons. The number of non-ortho nitro benzene ring substituents is 1. The molecule has 2 amide bonds. The molecule has 2 N–H and O–H groups in total. The highest BCUT2D eigenvalue weighted by molar-refractivity contribution is 5.90. The maximum atomic E-state index is 12.1. The van der Waals surface area contributed by atoms with Gasteiger partial charge in [-0.25, -0.2) is 4.79 Å². The molecule has 1 heterocycles. The van der Waals surface area contributed by atoms with Crippen LogP contribution in [0.2, 0.25) is 0 Å². The third kappa shape index (κ3) is 3.02. The Morgan fingerprint density at radius 2 is 2.20 bits per heavy atom. The Kier molecular flexibility index (Phi) is 4.12. The van der Waals surface area contributed by atoms with Gasteiger partial charge in [0.25, 0.3) is 5.69 Å². The Bertz CT molecular complexity index is 551. The van der Waals surface area contributed by atoms with Gasteiger partial charge < -0.3 is 15.5 Å². The summed E-state index contributed by atoms with van der Waals surface area (Å²) in [5.41, 5.74) is 0.413. The molecule has 1 fully saturated rings. The first-order valence-electron chi connectivity index (χ1n) is 6.04. The summed E-state index contributed by atoms with van der Waals surface area (Å²) in [6.45, 7) is 1.51. The van der Waals surface area contributed by atoms with Gasteiger partial charge in [0.05, 0.1) is 11.0 Å². The Labute approximate surface area is 115 Å². The molecular weight excluding hydrogens is 262 g/mol. The number of benzene rings is 1. The topological polar surface area (TPSA) is 111 Å². The van der Waals surface area contributed by atoms with Crippen molar-refractivity contribution < 1.29 is 9.72 Å². The van der Waals surface area contributed by atoms with Crippen LogP contribution in [0.3, 0.4) is 0 Å². The van der Waals surface area contributed by atoms with Crippen molar-refractivity contribution in [1.29, 1.82) is 5.26 Å². The number of nitro benzene ring substituents is 1. The van der Waals surface area contributed by atoms with Gasteiger partial charge in [-0.2, -0.15) is 5.26 Å². The van der Waals surface area contributed by atoms with E-state index in [0.717, 1.165) is 0 Å². The Balaban J connectivity index is 2.03. The Hall–Kier alpha value is -2.66. The lowest BCUT2D eigenvalue weighted by Crippen LogP contribution is -2.54. The molecule has 0 aromatic heterocycles. The zero-order valence-corrected chi connectivity index (χ0v) is 10.6. The van der Waals surface area contributed by atoms with Crippen molar-refractivity contribution in [3.63, 3.8) is 0 Å². The van der Waals surface area contributed by atoms with Crippen molar-refractivity contribution in [2.24, 2.45) is 0 Å². The minimum Gasteiger partial charge on any atom is -0.312 e. The predicted molar refractivity (Wildman–Crippen MR) is 71.1 cm³/mol. The summed E-state index contributed by atoms with van der Waals surface area (Å²) in [4.78, 5) is 23.5. The monoisotopic (exact) mass is 275 g/mol. The highest BCUT2D eigenvalue weighted by Crippen LogP contribution is 2.16. The Morgan fingerprint density at radius 1 is 1.50 bits per heavy atom. The lowest BCUT2D eigenvalue weighted by Gasteiger charge is -2.31. The second-order valence-electron chi connectivity index (χ2n) is 4.28. The SMILES string of the molecule is N#CC1CNCCN1C(=O)Nc1ccc([N+](=O)[O-])cc1. The highest BCUT2D eigenvalue weighted by atomic mass is 16.6. The molecule has 1 aromatic rings. The van der Waals surface area contributed by atoms with Crippen LogP contribution in [0.25, 0.3) is 0 Å². The van der Waals surface area contributed by atoms with Crippen molar-refractivity contribution in [3.8, 4) is 6.07 Å². The summed E-state index contributed by atoms with van der Waals surface area (Å²) in [7, 11) is 0. The van der Waals surface area contributed by atoms with Crippen LogP contribution in [0.4, 0.5) is 16.2 Å². The second kappa shape index (κ2) is 5.99. The number of nitrogens with zero attached hydrogens (tertiary/aromatic N) is 3. The minimum absolute atomic E-state index is 0.0416. The number of amides is 2. The first-order chi connectivity index (χ1) is 9.61. The quantitative estimate of drug-likeness (QED) is 0.616. The van der Waals surface area contributed by atoms with E-state index in [2.05, 4.69) is 16.7 Å². The number of hydrogen-bond acceptors (Lipinski definition) is 5. The van der Waals surface area contributed by atoms with E-state index in [1.165, 1.54) is 29.2 Å². The molecule has 1 aliphatic heterocycles. The number of hydrogen-bond donors (Lipinski definition) is 2. The molecule has 0 saturated carbocycles. The number of urea groups is 1. The molecule has 1 saturated heterocycles. The predicted octanol–water partition coefficient (Wildman–Crippen LogP) is 0.924. The van der Waals surface area contributed by atoms with E-state index in [-0.39, 0.29) is 11.7 Å². The maximum Gasteiger partial charge on any atom is 0.323 e. The van der Waals surface area contributed by atoms with E-state index in [0.29, 0.717) is 25.3 Å². The lowest BCUT2D eigenvalue weighted by atomic mass is 10.2. The summed E-state index contributed by atoms with van der Waals surface area (Å²) < 4.78 is 0. The molecule has 8 heteroatoms. The largest absolute Gasteiger partial charge is 0.323 e. The van der Waals surface area contributed by atoms with Crippen LogP contribution in [0.1, 0.15) is 0 Å². The fourth-order valence-corrected chi connectivity index (χ4v) is 1.92. The number of carbonyl (C=O) groups is 1. The average molecular weight is 275 g/mol. The molecule has 0 spiro atoms. The van der Waals surface area contributed by atoms with Crippen molar-refractivity contribution in [2.45, 2.75) is 6.04 Å². The summed E-state index contributed by atoms with van der Waals surface area (Å²) in [6.07, 6.45) is 0. The lowest BCUT2D eigenvalue weighted by molar-refractivity contribution is -0.384. The standard InChI is InChI=1S/C12H13N5O3/c13-7-11-8-14-5-6-16(11)12(18)15-9-1-3-10(4-2-9)17(19)20/h1-4,11,14H,5-6,8H2,(H,15,18). The van der Waals surface area contributed by atoms with Gasteiger partial charge in [-0.1, -0.05) is 0 Å². The smallest absolute Gasteiger partial charge is 0.312 e. The summed E-state index contributed by atoms with van der Waals surface area (Å²) in [5.74, 6) is 0. The van der Waals surface area contributed by atoms with Gasteiger partial charge in [0, 0.05) is 37.5 Å². The molecule has 1 unspecified atom stereocenters. The third-order valence-corrected chi connectivity index (χ3v) is 2.98. The fraction of sp³-hybridized carbons (Fsp3) is 0.333. The van der Waals surface area contributed by atoms with Crippen molar-refractivity contribution in [1.82, 2.24) is 10.2 Å². The minimum atomic E-state index is -0.512. The normalized spacial score (nSPS) is 18.1. The molecule has 1 aromatic carbocycles. The highest BCUT2D eigenvalue weighted by Gasteiger charge is 2.26. The number of nitro groups is 1. The first-order valence-corrected chi connectivity index (χ1v) is 6.04. The van der Waals surface area contributed by atoms with Gasteiger partial charge >= 0.3 is 6.03 Å². The third-order valence-electron chi connectivity index (χ3n) is 2.98. The summed E-state index contributed by atoms with van der Waals surface area (Å²) in [5, 5.41) is 25.2. The molecule has 1 atom stereocenters. The molecular formula is C12H13N5O3. The van der Waals surface area contributed by atoms with Gasteiger partial charge in [0.15, 0.2) is 0 Å². The van der Waals surface area contributed by atoms with Gasteiger partial charge in [0.1, 0.15) is 6.04 Å². The van der Waals surface area contributed by atoms with E-state index in [1.54, 1.807) is 0 Å². The van der Waals surface area contributed by atoms with E-state index in [4.69, 9.17) is 5.26 Å². The van der Waals surface area contributed by atoms with Crippen LogP contribution in [0.15, 0.2) is 24.3 Å².